The van der Waals surface area contributed by atoms with Gasteiger partial charge in [-0.25, -0.2) is 9.97 Å². The number of nitrogens with one attached hydrogen (secondary N) is 2. The topological polar surface area (TPSA) is 119 Å². The van der Waals surface area contributed by atoms with Gasteiger partial charge in [0.1, 0.15) is 17.9 Å². The number of carbonyl (C=O) groups is 2. The van der Waals surface area contributed by atoms with E-state index in [4.69, 9.17) is 10.5 Å². The monoisotopic (exact) mass is 455 g/mol. The number of ether oxygens (including phenoxy) is 1. The Morgan fingerprint density at radius 1 is 1.03 bits per heavy atom. The van der Waals surface area contributed by atoms with Gasteiger partial charge in [-0.15, -0.1) is 0 Å². The number of aromatic nitrogens is 2. The number of fused-ring (bicyclic) bond motifs is 1. The fourth-order valence-electron chi connectivity index (χ4n) is 3.80. The van der Waals surface area contributed by atoms with E-state index in [0.717, 1.165) is 16.9 Å². The molecular weight excluding hydrogens is 430 g/mol. The molecule has 8 heteroatoms. The lowest BCUT2D eigenvalue weighted by Gasteiger charge is -2.17. The van der Waals surface area contributed by atoms with Crippen molar-refractivity contribution in [2.24, 2.45) is 5.73 Å². The summed E-state index contributed by atoms with van der Waals surface area (Å²) in [6.07, 6.45) is 1.40. The van der Waals surface area contributed by atoms with Gasteiger partial charge in [0.2, 0.25) is 0 Å². The standard InChI is InChI=1S/C26H25N5O3/c1-15-12-18(10-11-22(15)34-3)26(33)31-19-7-4-6-17(13-19)16(2)30-25-21-9-5-8-20(24(27)32)23(21)28-14-29-25/h4-14,16H,1-3H3,(H2,27,32)(H,31,33)(H,28,29,30)/t16-/m1/s1. The molecule has 1 aromatic heterocycles. The SMILES string of the molecule is COc1ccc(C(=O)Nc2cccc([C@@H](C)Nc3ncnc4c(C(N)=O)cccc34)c2)cc1C. The van der Waals surface area contributed by atoms with E-state index in [0.29, 0.717) is 33.5 Å². The number of amides is 2. The van der Waals surface area contributed by atoms with Crippen LogP contribution in [0.25, 0.3) is 10.9 Å². The highest BCUT2D eigenvalue weighted by Gasteiger charge is 2.14. The molecule has 0 unspecified atom stereocenters. The van der Waals surface area contributed by atoms with Crippen molar-refractivity contribution in [3.8, 4) is 5.75 Å². The van der Waals surface area contributed by atoms with Gasteiger partial charge in [-0.2, -0.15) is 0 Å². The molecule has 0 aliphatic rings. The van der Waals surface area contributed by atoms with E-state index in [1.54, 1.807) is 37.4 Å². The van der Waals surface area contributed by atoms with Crippen LogP contribution in [0.1, 0.15) is 44.8 Å². The van der Waals surface area contributed by atoms with Crippen molar-refractivity contribution in [2.75, 3.05) is 17.7 Å². The summed E-state index contributed by atoms with van der Waals surface area (Å²) >= 11 is 0. The first-order valence-corrected chi connectivity index (χ1v) is 10.7. The summed E-state index contributed by atoms with van der Waals surface area (Å²) in [6, 6.07) is 18.0. The predicted molar refractivity (Wildman–Crippen MR) is 132 cm³/mol. The van der Waals surface area contributed by atoms with Crippen molar-refractivity contribution in [2.45, 2.75) is 19.9 Å². The number of hydrogen-bond donors (Lipinski definition) is 3. The molecule has 0 saturated carbocycles. The molecule has 8 nitrogen and oxygen atoms in total. The molecule has 0 saturated heterocycles. The van der Waals surface area contributed by atoms with Crippen LogP contribution in [0, 0.1) is 6.92 Å². The Balaban J connectivity index is 1.54. The normalized spacial score (nSPS) is 11.6. The van der Waals surface area contributed by atoms with Crippen LogP contribution in [0.5, 0.6) is 5.75 Å². The minimum Gasteiger partial charge on any atom is -0.496 e. The molecule has 4 N–H and O–H groups in total. The Morgan fingerprint density at radius 3 is 2.56 bits per heavy atom. The number of hydrogen-bond acceptors (Lipinski definition) is 6. The molecule has 0 radical (unpaired) electrons. The molecule has 0 spiro atoms. The molecule has 0 bridgehead atoms. The van der Waals surface area contributed by atoms with E-state index in [-0.39, 0.29) is 11.9 Å². The molecule has 0 fully saturated rings. The Bertz CT molecular complexity index is 1390. The summed E-state index contributed by atoms with van der Waals surface area (Å²) in [5.41, 5.74) is 9.38. The molecule has 0 aliphatic heterocycles. The lowest BCUT2D eigenvalue weighted by atomic mass is 10.1. The van der Waals surface area contributed by atoms with Gasteiger partial charge < -0.3 is 21.1 Å². The highest BCUT2D eigenvalue weighted by atomic mass is 16.5. The largest absolute Gasteiger partial charge is 0.496 e. The third-order valence-electron chi connectivity index (χ3n) is 5.59. The van der Waals surface area contributed by atoms with Gasteiger partial charge in [-0.3, -0.25) is 9.59 Å². The number of para-hydroxylation sites is 1. The van der Waals surface area contributed by atoms with Crippen LogP contribution >= 0.6 is 0 Å². The van der Waals surface area contributed by atoms with Crippen molar-refractivity contribution < 1.29 is 14.3 Å². The van der Waals surface area contributed by atoms with Crippen LogP contribution in [-0.2, 0) is 0 Å². The minimum atomic E-state index is -0.543. The van der Waals surface area contributed by atoms with Crippen LogP contribution in [0.15, 0.2) is 67.0 Å². The third kappa shape index (κ3) is 4.66. The smallest absolute Gasteiger partial charge is 0.255 e. The van der Waals surface area contributed by atoms with E-state index in [9.17, 15) is 9.59 Å². The first kappa shape index (κ1) is 22.7. The van der Waals surface area contributed by atoms with Gasteiger partial charge in [0, 0.05) is 16.6 Å². The second kappa shape index (κ2) is 9.58. The number of aryl methyl sites for hydroxylation is 1. The fraction of sp³-hybridized carbons (Fsp3) is 0.154. The van der Waals surface area contributed by atoms with Gasteiger partial charge in [-0.1, -0.05) is 18.2 Å². The maximum atomic E-state index is 12.7. The molecule has 1 atom stereocenters. The molecule has 4 rings (SSSR count). The Morgan fingerprint density at radius 2 is 1.82 bits per heavy atom. The summed E-state index contributed by atoms with van der Waals surface area (Å²) in [6.45, 7) is 3.88. The first-order chi connectivity index (χ1) is 16.4. The van der Waals surface area contributed by atoms with Gasteiger partial charge in [-0.05, 0) is 67.4 Å². The summed E-state index contributed by atoms with van der Waals surface area (Å²) in [5, 5.41) is 7.02. The fourth-order valence-corrected chi connectivity index (χ4v) is 3.80. The second-order valence-electron chi connectivity index (χ2n) is 7.92. The maximum absolute atomic E-state index is 12.7. The van der Waals surface area contributed by atoms with E-state index < -0.39 is 5.91 Å². The highest BCUT2D eigenvalue weighted by Crippen LogP contribution is 2.27. The lowest BCUT2D eigenvalue weighted by molar-refractivity contribution is 0.0998. The summed E-state index contributed by atoms with van der Waals surface area (Å²) in [5.74, 6) is 0.575. The molecule has 0 aliphatic carbocycles. The molecule has 1 heterocycles. The van der Waals surface area contributed by atoms with E-state index in [2.05, 4.69) is 20.6 Å². The van der Waals surface area contributed by atoms with Gasteiger partial charge >= 0.3 is 0 Å². The highest BCUT2D eigenvalue weighted by molar-refractivity contribution is 6.07. The van der Waals surface area contributed by atoms with E-state index >= 15 is 0 Å². The number of carbonyl (C=O) groups excluding carboxylic acids is 2. The van der Waals surface area contributed by atoms with Crippen LogP contribution in [-0.4, -0.2) is 28.9 Å². The Kier molecular flexibility index (Phi) is 6.40. The number of benzene rings is 3. The van der Waals surface area contributed by atoms with Crippen molar-refractivity contribution in [1.29, 1.82) is 0 Å². The molecule has 4 aromatic rings. The van der Waals surface area contributed by atoms with Crippen LogP contribution in [0.4, 0.5) is 11.5 Å². The number of anilines is 2. The third-order valence-corrected chi connectivity index (χ3v) is 5.59. The Hall–Kier alpha value is -4.46. The zero-order valence-corrected chi connectivity index (χ0v) is 19.1. The van der Waals surface area contributed by atoms with Crippen molar-refractivity contribution in [1.82, 2.24) is 9.97 Å². The maximum Gasteiger partial charge on any atom is 0.255 e. The molecule has 34 heavy (non-hydrogen) atoms. The molecule has 2 amide bonds. The lowest BCUT2D eigenvalue weighted by Crippen LogP contribution is -2.14. The number of nitrogens with zero attached hydrogens (tertiary/aromatic N) is 2. The van der Waals surface area contributed by atoms with Gasteiger partial charge in [0.05, 0.1) is 24.2 Å². The number of nitrogens with two attached hydrogens (primary N) is 1. The number of primary amides is 1. The average Bonchev–Trinajstić information content (AvgIpc) is 2.83. The second-order valence-corrected chi connectivity index (χ2v) is 7.92. The van der Waals surface area contributed by atoms with Crippen LogP contribution < -0.4 is 21.1 Å². The number of rotatable bonds is 7. The molecular formula is C26H25N5O3. The van der Waals surface area contributed by atoms with Crippen molar-refractivity contribution in [3.63, 3.8) is 0 Å². The Labute approximate surface area is 197 Å². The van der Waals surface area contributed by atoms with Crippen LogP contribution in [0.3, 0.4) is 0 Å². The average molecular weight is 456 g/mol. The van der Waals surface area contributed by atoms with Crippen molar-refractivity contribution in [3.05, 3.63) is 89.2 Å². The van der Waals surface area contributed by atoms with Gasteiger partial charge in [0.15, 0.2) is 0 Å². The zero-order chi connectivity index (χ0) is 24.2. The summed E-state index contributed by atoms with van der Waals surface area (Å²) in [7, 11) is 1.60. The van der Waals surface area contributed by atoms with Gasteiger partial charge in [0.25, 0.3) is 11.8 Å². The van der Waals surface area contributed by atoms with Crippen LogP contribution in [0.2, 0.25) is 0 Å². The minimum absolute atomic E-state index is 0.143. The quantitative estimate of drug-likeness (QED) is 0.378. The van der Waals surface area contributed by atoms with E-state index in [1.165, 1.54) is 6.33 Å². The zero-order valence-electron chi connectivity index (χ0n) is 19.1. The summed E-state index contributed by atoms with van der Waals surface area (Å²) < 4.78 is 5.26. The first-order valence-electron chi connectivity index (χ1n) is 10.7. The predicted octanol–water partition coefficient (Wildman–Crippen LogP) is 4.47. The summed E-state index contributed by atoms with van der Waals surface area (Å²) in [4.78, 5) is 33.1. The molecule has 3 aromatic carbocycles. The molecule has 172 valence electrons. The van der Waals surface area contributed by atoms with Crippen molar-refractivity contribution >= 4 is 34.2 Å². The van der Waals surface area contributed by atoms with E-state index in [1.807, 2.05) is 44.2 Å². The number of methoxy groups -OCH3 is 1.